The van der Waals surface area contributed by atoms with Gasteiger partial charge >= 0.3 is 0 Å². The van der Waals surface area contributed by atoms with E-state index in [0.717, 1.165) is 5.56 Å². The van der Waals surface area contributed by atoms with Gasteiger partial charge in [0.2, 0.25) is 5.89 Å². The second-order valence-electron chi connectivity index (χ2n) is 3.27. The number of hydrogen-bond acceptors (Lipinski definition) is 6. The second-order valence-corrected chi connectivity index (χ2v) is 4.20. The summed E-state index contributed by atoms with van der Waals surface area (Å²) >= 11 is 1.43. The van der Waals surface area contributed by atoms with Crippen molar-refractivity contribution in [1.29, 1.82) is 0 Å². The highest BCUT2D eigenvalue weighted by atomic mass is 32.2. The van der Waals surface area contributed by atoms with Gasteiger partial charge in [-0.05, 0) is 17.7 Å². The van der Waals surface area contributed by atoms with Crippen LogP contribution in [0, 0.1) is 6.92 Å². The molecule has 0 atom stereocenters. The van der Waals surface area contributed by atoms with Gasteiger partial charge in [0.15, 0.2) is 0 Å². The average Bonchev–Trinajstić information content (AvgIpc) is 2.66. The smallest absolute Gasteiger partial charge is 0.276 e. The molecule has 0 amide bonds. The number of benzene rings is 1. The predicted molar refractivity (Wildman–Crippen MR) is 61.1 cm³/mol. The molecule has 0 aliphatic carbocycles. The molecular formula is C10H11N3O2S. The minimum absolute atomic E-state index is 0.0994. The van der Waals surface area contributed by atoms with Crippen molar-refractivity contribution < 1.29 is 9.52 Å². The van der Waals surface area contributed by atoms with Crippen molar-refractivity contribution in [2.75, 3.05) is 5.73 Å². The number of rotatable bonds is 3. The third kappa shape index (κ3) is 2.46. The van der Waals surface area contributed by atoms with Crippen molar-refractivity contribution in [3.8, 4) is 5.75 Å². The number of nitrogen functional groups attached to an aromatic ring is 1. The molecule has 1 aromatic heterocycles. The second kappa shape index (κ2) is 4.44. The fourth-order valence-corrected chi connectivity index (χ4v) is 1.92. The minimum Gasteiger partial charge on any atom is -0.506 e. The number of nitrogens with two attached hydrogens (primary N) is 1. The number of hydrogen-bond donors (Lipinski definition) is 2. The molecule has 0 radical (unpaired) electrons. The Morgan fingerprint density at radius 3 is 2.88 bits per heavy atom. The zero-order valence-corrected chi connectivity index (χ0v) is 9.49. The summed E-state index contributed by atoms with van der Waals surface area (Å²) in [4.78, 5) is 0. The van der Waals surface area contributed by atoms with Crippen LogP contribution in [0.5, 0.6) is 5.75 Å². The lowest BCUT2D eigenvalue weighted by molar-refractivity contribution is 0.429. The molecule has 1 heterocycles. The molecule has 0 bridgehead atoms. The van der Waals surface area contributed by atoms with Gasteiger partial charge in [0, 0.05) is 12.7 Å². The molecule has 0 aliphatic heterocycles. The molecule has 6 heteroatoms. The monoisotopic (exact) mass is 237 g/mol. The van der Waals surface area contributed by atoms with E-state index in [4.69, 9.17) is 10.2 Å². The fraction of sp³-hybridized carbons (Fsp3) is 0.200. The number of aryl methyl sites for hydroxylation is 1. The largest absolute Gasteiger partial charge is 0.506 e. The van der Waals surface area contributed by atoms with E-state index in [-0.39, 0.29) is 5.75 Å². The first-order valence-electron chi connectivity index (χ1n) is 4.65. The van der Waals surface area contributed by atoms with Crippen LogP contribution in [0.15, 0.2) is 27.8 Å². The molecule has 2 rings (SSSR count). The van der Waals surface area contributed by atoms with Crippen LogP contribution >= 0.6 is 11.8 Å². The van der Waals surface area contributed by atoms with Gasteiger partial charge in [-0.3, -0.25) is 0 Å². The van der Waals surface area contributed by atoms with Crippen molar-refractivity contribution in [1.82, 2.24) is 10.2 Å². The van der Waals surface area contributed by atoms with E-state index in [2.05, 4.69) is 10.2 Å². The van der Waals surface area contributed by atoms with E-state index in [1.807, 2.05) is 6.07 Å². The Bertz CT molecular complexity index is 499. The first-order valence-corrected chi connectivity index (χ1v) is 5.64. The van der Waals surface area contributed by atoms with Gasteiger partial charge in [0.25, 0.3) is 5.22 Å². The third-order valence-electron chi connectivity index (χ3n) is 1.96. The average molecular weight is 237 g/mol. The Hall–Kier alpha value is -1.69. The molecule has 3 N–H and O–H groups in total. The van der Waals surface area contributed by atoms with E-state index in [1.54, 1.807) is 19.1 Å². The lowest BCUT2D eigenvalue weighted by atomic mass is 10.2. The van der Waals surface area contributed by atoms with Gasteiger partial charge in [-0.15, -0.1) is 10.2 Å². The molecule has 0 aliphatic rings. The SMILES string of the molecule is Cc1nnc(SCc2ccc(O)c(N)c2)o1. The molecule has 0 saturated heterocycles. The van der Waals surface area contributed by atoms with Crippen LogP contribution in [0.3, 0.4) is 0 Å². The van der Waals surface area contributed by atoms with Gasteiger partial charge in [0.05, 0.1) is 5.69 Å². The van der Waals surface area contributed by atoms with E-state index in [0.29, 0.717) is 22.6 Å². The van der Waals surface area contributed by atoms with E-state index in [1.165, 1.54) is 11.8 Å². The third-order valence-corrected chi connectivity index (χ3v) is 2.85. The standard InChI is InChI=1S/C10H11N3O2S/c1-6-12-13-10(15-6)16-5-7-2-3-9(14)8(11)4-7/h2-4,14H,5,11H2,1H3. The number of phenolic OH excluding ortho intramolecular Hbond substituents is 1. The van der Waals surface area contributed by atoms with Gasteiger partial charge in [0.1, 0.15) is 5.75 Å². The zero-order chi connectivity index (χ0) is 11.5. The first kappa shape index (κ1) is 10.8. The topological polar surface area (TPSA) is 85.2 Å². The minimum atomic E-state index is 0.0994. The van der Waals surface area contributed by atoms with Crippen LogP contribution < -0.4 is 5.73 Å². The van der Waals surface area contributed by atoms with Crippen molar-refractivity contribution >= 4 is 17.4 Å². The Labute approximate surface area is 96.7 Å². The lowest BCUT2D eigenvalue weighted by Gasteiger charge is -2.02. The van der Waals surface area contributed by atoms with Crippen molar-refractivity contribution in [2.24, 2.45) is 0 Å². The number of thioether (sulfide) groups is 1. The summed E-state index contributed by atoms with van der Waals surface area (Å²) in [5, 5.41) is 17.4. The Morgan fingerprint density at radius 1 is 1.44 bits per heavy atom. The van der Waals surface area contributed by atoms with E-state index >= 15 is 0 Å². The number of phenols is 1. The molecule has 16 heavy (non-hydrogen) atoms. The molecule has 0 spiro atoms. The highest BCUT2D eigenvalue weighted by Crippen LogP contribution is 2.25. The number of aromatic nitrogens is 2. The molecule has 2 aromatic rings. The van der Waals surface area contributed by atoms with Gasteiger partial charge < -0.3 is 15.3 Å². The maximum Gasteiger partial charge on any atom is 0.276 e. The summed E-state index contributed by atoms with van der Waals surface area (Å²) in [7, 11) is 0. The summed E-state index contributed by atoms with van der Waals surface area (Å²) < 4.78 is 5.22. The fourth-order valence-electron chi connectivity index (χ4n) is 1.18. The van der Waals surface area contributed by atoms with Crippen LogP contribution in [0.2, 0.25) is 0 Å². The summed E-state index contributed by atoms with van der Waals surface area (Å²) in [6.45, 7) is 1.75. The Kier molecular flexibility index (Phi) is 3.00. The normalized spacial score (nSPS) is 10.6. The summed E-state index contributed by atoms with van der Waals surface area (Å²) in [5.41, 5.74) is 6.95. The maximum atomic E-state index is 9.26. The molecule has 1 aromatic carbocycles. The van der Waals surface area contributed by atoms with Crippen LogP contribution in [0.4, 0.5) is 5.69 Å². The summed E-state index contributed by atoms with van der Waals surface area (Å²) in [6, 6.07) is 5.11. The van der Waals surface area contributed by atoms with Gasteiger partial charge in [-0.1, -0.05) is 17.8 Å². The highest BCUT2D eigenvalue weighted by Gasteiger charge is 2.04. The van der Waals surface area contributed by atoms with E-state index < -0.39 is 0 Å². The van der Waals surface area contributed by atoms with Crippen LogP contribution in [-0.2, 0) is 5.75 Å². The lowest BCUT2D eigenvalue weighted by Crippen LogP contribution is -1.88. The van der Waals surface area contributed by atoms with Crippen LogP contribution in [0.1, 0.15) is 11.5 Å². The molecule has 0 saturated carbocycles. The van der Waals surface area contributed by atoms with Crippen molar-refractivity contribution in [3.63, 3.8) is 0 Å². The quantitative estimate of drug-likeness (QED) is 0.482. The summed E-state index contributed by atoms with van der Waals surface area (Å²) in [6.07, 6.45) is 0. The first-order chi connectivity index (χ1) is 7.65. The van der Waals surface area contributed by atoms with Crippen molar-refractivity contribution in [3.05, 3.63) is 29.7 Å². The molecule has 0 unspecified atom stereocenters. The van der Waals surface area contributed by atoms with Gasteiger partial charge in [-0.2, -0.15) is 0 Å². The molecular weight excluding hydrogens is 226 g/mol. The summed E-state index contributed by atoms with van der Waals surface area (Å²) in [5.74, 6) is 1.32. The molecule has 0 fully saturated rings. The van der Waals surface area contributed by atoms with Crippen LogP contribution in [-0.4, -0.2) is 15.3 Å². The van der Waals surface area contributed by atoms with Crippen LogP contribution in [0.25, 0.3) is 0 Å². The van der Waals surface area contributed by atoms with Gasteiger partial charge in [-0.25, -0.2) is 0 Å². The molecule has 84 valence electrons. The number of aromatic hydroxyl groups is 1. The number of nitrogens with zero attached hydrogens (tertiary/aromatic N) is 2. The Balaban J connectivity index is 2.02. The number of anilines is 1. The molecule has 5 nitrogen and oxygen atoms in total. The maximum absolute atomic E-state index is 9.26. The zero-order valence-electron chi connectivity index (χ0n) is 8.67. The van der Waals surface area contributed by atoms with Crippen molar-refractivity contribution in [2.45, 2.75) is 17.9 Å². The van der Waals surface area contributed by atoms with E-state index in [9.17, 15) is 5.11 Å². The predicted octanol–water partition coefficient (Wildman–Crippen LogP) is 1.96. The highest BCUT2D eigenvalue weighted by molar-refractivity contribution is 7.98. The Morgan fingerprint density at radius 2 is 2.25 bits per heavy atom.